The van der Waals surface area contributed by atoms with Crippen LogP contribution in [0.2, 0.25) is 0 Å². The largest absolute Gasteiger partial charge is 0.399 e. The topological polar surface area (TPSA) is 66.6 Å². The van der Waals surface area contributed by atoms with Crippen LogP contribution in [0, 0.1) is 0 Å². The van der Waals surface area contributed by atoms with E-state index < -0.39 is 10.0 Å². The van der Waals surface area contributed by atoms with Gasteiger partial charge in [-0.3, -0.25) is 0 Å². The molecule has 20 heavy (non-hydrogen) atoms. The summed E-state index contributed by atoms with van der Waals surface area (Å²) in [5, 5.41) is 0. The van der Waals surface area contributed by atoms with Crippen molar-refractivity contribution in [3.63, 3.8) is 0 Å². The Balaban J connectivity index is 2.32. The van der Waals surface area contributed by atoms with E-state index in [9.17, 15) is 8.42 Å². The summed E-state index contributed by atoms with van der Waals surface area (Å²) in [6, 6.07) is 5.13. The quantitative estimate of drug-likeness (QED) is 0.832. The van der Waals surface area contributed by atoms with Crippen LogP contribution in [-0.2, 0) is 10.0 Å². The predicted octanol–water partition coefficient (Wildman–Crippen LogP) is 1.75. The monoisotopic (exact) mass is 361 g/mol. The van der Waals surface area contributed by atoms with Crippen molar-refractivity contribution in [1.82, 2.24) is 9.21 Å². The summed E-state index contributed by atoms with van der Waals surface area (Å²) in [6.45, 7) is 1.09. The van der Waals surface area contributed by atoms with Crippen molar-refractivity contribution in [3.8, 4) is 0 Å². The average molecular weight is 362 g/mol. The molecule has 1 atom stereocenters. The zero-order valence-corrected chi connectivity index (χ0v) is 14.1. The maximum Gasteiger partial charge on any atom is 0.244 e. The zero-order valence-electron chi connectivity index (χ0n) is 11.7. The van der Waals surface area contributed by atoms with Gasteiger partial charge in [0.25, 0.3) is 0 Å². The van der Waals surface area contributed by atoms with Crippen molar-refractivity contribution in [3.05, 3.63) is 22.7 Å². The van der Waals surface area contributed by atoms with Gasteiger partial charge in [0, 0.05) is 29.3 Å². The smallest absolute Gasteiger partial charge is 0.244 e. The number of nitrogens with two attached hydrogens (primary N) is 1. The standard InChI is InChI=1S/C13H20BrN3O2S/c1-16(2)11-4-3-7-17(9-11)20(18,19)13-8-10(15)5-6-12(13)14/h5-6,8,11H,3-4,7,9,15H2,1-2H3. The second kappa shape index (κ2) is 6.01. The predicted molar refractivity (Wildman–Crippen MR) is 84.0 cm³/mol. The van der Waals surface area contributed by atoms with E-state index in [0.29, 0.717) is 23.2 Å². The minimum absolute atomic E-state index is 0.247. The summed E-state index contributed by atoms with van der Waals surface area (Å²) in [6.07, 6.45) is 1.90. The van der Waals surface area contributed by atoms with Crippen molar-refractivity contribution in [2.75, 3.05) is 32.9 Å². The number of halogens is 1. The maximum absolute atomic E-state index is 12.8. The molecule has 1 aliphatic rings. The van der Waals surface area contributed by atoms with Gasteiger partial charge in [0.1, 0.15) is 0 Å². The molecule has 2 N–H and O–H groups in total. The van der Waals surface area contributed by atoms with E-state index in [1.54, 1.807) is 16.4 Å². The summed E-state index contributed by atoms with van der Waals surface area (Å²) < 4.78 is 27.6. The van der Waals surface area contributed by atoms with E-state index in [0.717, 1.165) is 12.8 Å². The van der Waals surface area contributed by atoms with Gasteiger partial charge < -0.3 is 10.6 Å². The summed E-state index contributed by atoms with van der Waals surface area (Å²) in [5.41, 5.74) is 6.17. The molecule has 0 saturated carbocycles. The van der Waals surface area contributed by atoms with Crippen LogP contribution >= 0.6 is 15.9 Å². The number of benzene rings is 1. The SMILES string of the molecule is CN(C)C1CCCN(S(=O)(=O)c2cc(N)ccc2Br)C1. The van der Waals surface area contributed by atoms with Crippen LogP contribution < -0.4 is 5.73 Å². The van der Waals surface area contributed by atoms with Crippen LogP contribution in [-0.4, -0.2) is 50.8 Å². The Morgan fingerprint density at radius 1 is 1.40 bits per heavy atom. The van der Waals surface area contributed by atoms with Crippen molar-refractivity contribution >= 4 is 31.6 Å². The molecule has 1 fully saturated rings. The Labute approximate surface area is 128 Å². The Bertz CT molecular complexity index is 589. The molecule has 0 radical (unpaired) electrons. The second-order valence-corrected chi connectivity index (χ2v) is 8.07. The lowest BCUT2D eigenvalue weighted by atomic mass is 10.1. The highest BCUT2D eigenvalue weighted by molar-refractivity contribution is 9.10. The number of hydrogen-bond donors (Lipinski definition) is 1. The van der Waals surface area contributed by atoms with Crippen LogP contribution in [0.25, 0.3) is 0 Å². The van der Waals surface area contributed by atoms with E-state index in [-0.39, 0.29) is 10.9 Å². The minimum atomic E-state index is -3.50. The first-order valence-electron chi connectivity index (χ1n) is 6.54. The van der Waals surface area contributed by atoms with E-state index in [4.69, 9.17) is 5.73 Å². The molecule has 0 spiro atoms. The molecule has 7 heteroatoms. The minimum Gasteiger partial charge on any atom is -0.399 e. The summed E-state index contributed by atoms with van der Waals surface area (Å²) in [7, 11) is 0.465. The van der Waals surface area contributed by atoms with Crippen LogP contribution in [0.3, 0.4) is 0 Å². The molecule has 1 aromatic rings. The Hall–Kier alpha value is -0.630. The lowest BCUT2D eigenvalue weighted by Crippen LogP contribution is -2.47. The molecule has 112 valence electrons. The molecule has 1 heterocycles. The highest BCUT2D eigenvalue weighted by Gasteiger charge is 2.32. The van der Waals surface area contributed by atoms with Gasteiger partial charge in [0.15, 0.2) is 0 Å². The van der Waals surface area contributed by atoms with E-state index in [1.807, 2.05) is 14.1 Å². The number of hydrogen-bond acceptors (Lipinski definition) is 4. The summed E-state index contributed by atoms with van der Waals surface area (Å²) in [4.78, 5) is 2.33. The molecule has 1 saturated heterocycles. The van der Waals surface area contributed by atoms with Crippen molar-refractivity contribution in [1.29, 1.82) is 0 Å². The van der Waals surface area contributed by atoms with Gasteiger partial charge in [0.05, 0.1) is 4.90 Å². The number of nitrogens with zero attached hydrogens (tertiary/aromatic N) is 2. The first-order valence-corrected chi connectivity index (χ1v) is 8.77. The molecule has 0 aliphatic carbocycles. The highest BCUT2D eigenvalue weighted by atomic mass is 79.9. The molecule has 1 aliphatic heterocycles. The lowest BCUT2D eigenvalue weighted by molar-refractivity contribution is 0.190. The molecule has 1 aromatic carbocycles. The number of likely N-dealkylation sites (N-methyl/N-ethyl adjacent to an activating group) is 1. The maximum atomic E-state index is 12.8. The van der Waals surface area contributed by atoms with Gasteiger partial charge in [-0.2, -0.15) is 4.31 Å². The highest BCUT2D eigenvalue weighted by Crippen LogP contribution is 2.29. The molecule has 0 amide bonds. The lowest BCUT2D eigenvalue weighted by Gasteiger charge is -2.35. The third-order valence-corrected chi connectivity index (χ3v) is 6.52. The zero-order chi connectivity index (χ0) is 14.9. The van der Waals surface area contributed by atoms with Gasteiger partial charge in [0.2, 0.25) is 10.0 Å². The molecule has 2 rings (SSSR count). The van der Waals surface area contributed by atoms with E-state index in [1.165, 1.54) is 6.07 Å². The molecule has 1 unspecified atom stereocenters. The molecule has 0 bridgehead atoms. The number of piperidine rings is 1. The van der Waals surface area contributed by atoms with Crippen molar-refractivity contribution in [2.24, 2.45) is 0 Å². The Morgan fingerprint density at radius 2 is 2.10 bits per heavy atom. The van der Waals surface area contributed by atoms with Crippen LogP contribution in [0.4, 0.5) is 5.69 Å². The first kappa shape index (κ1) is 15.8. The number of sulfonamides is 1. The van der Waals surface area contributed by atoms with Crippen molar-refractivity contribution < 1.29 is 8.42 Å². The third kappa shape index (κ3) is 3.16. The fourth-order valence-corrected chi connectivity index (χ4v) is 4.89. The van der Waals surface area contributed by atoms with Gasteiger partial charge in [-0.05, 0) is 61.1 Å². The van der Waals surface area contributed by atoms with Gasteiger partial charge in [-0.1, -0.05) is 0 Å². The van der Waals surface area contributed by atoms with Crippen LogP contribution in [0.1, 0.15) is 12.8 Å². The number of anilines is 1. The van der Waals surface area contributed by atoms with Crippen molar-refractivity contribution in [2.45, 2.75) is 23.8 Å². The average Bonchev–Trinajstić information content (AvgIpc) is 2.41. The third-order valence-electron chi connectivity index (χ3n) is 3.66. The van der Waals surface area contributed by atoms with Crippen LogP contribution in [0.15, 0.2) is 27.6 Å². The summed E-state index contributed by atoms with van der Waals surface area (Å²) >= 11 is 3.31. The summed E-state index contributed by atoms with van der Waals surface area (Å²) in [5.74, 6) is 0. The molecular weight excluding hydrogens is 342 g/mol. The van der Waals surface area contributed by atoms with Gasteiger partial charge in [-0.15, -0.1) is 0 Å². The molecular formula is C13H20BrN3O2S. The Kier molecular flexibility index (Phi) is 4.73. The first-order chi connectivity index (χ1) is 9.32. The Morgan fingerprint density at radius 3 is 2.75 bits per heavy atom. The fourth-order valence-electron chi connectivity index (χ4n) is 2.42. The fraction of sp³-hybridized carbons (Fsp3) is 0.538. The van der Waals surface area contributed by atoms with E-state index in [2.05, 4.69) is 20.8 Å². The second-order valence-electron chi connectivity index (χ2n) is 5.31. The van der Waals surface area contributed by atoms with Gasteiger partial charge >= 0.3 is 0 Å². The van der Waals surface area contributed by atoms with Crippen LogP contribution in [0.5, 0.6) is 0 Å². The van der Waals surface area contributed by atoms with Gasteiger partial charge in [-0.25, -0.2) is 8.42 Å². The van der Waals surface area contributed by atoms with E-state index >= 15 is 0 Å². The normalized spacial score (nSPS) is 21.3. The number of nitrogen functional groups attached to an aromatic ring is 1. The molecule has 5 nitrogen and oxygen atoms in total. The number of rotatable bonds is 3. The molecule has 0 aromatic heterocycles.